The zero-order valence-electron chi connectivity index (χ0n) is 12.7. The summed E-state index contributed by atoms with van der Waals surface area (Å²) in [5.74, 6) is 0.871. The van der Waals surface area contributed by atoms with Crippen LogP contribution in [0.5, 0.6) is 0 Å². The Hall–Kier alpha value is -0.610. The van der Waals surface area contributed by atoms with Gasteiger partial charge in [-0.1, -0.05) is 19.3 Å². The lowest BCUT2D eigenvalue weighted by Crippen LogP contribution is -2.32. The number of carbonyl (C=O) groups excluding carboxylic acids is 1. The molecular formula is C16H30N2O2. The van der Waals surface area contributed by atoms with E-state index in [-0.39, 0.29) is 5.91 Å². The van der Waals surface area contributed by atoms with Gasteiger partial charge in [0, 0.05) is 13.0 Å². The molecule has 1 atom stereocenters. The molecule has 20 heavy (non-hydrogen) atoms. The van der Waals surface area contributed by atoms with Crippen LogP contribution in [-0.4, -0.2) is 38.3 Å². The van der Waals surface area contributed by atoms with Crippen LogP contribution in [-0.2, 0) is 9.53 Å². The topological polar surface area (TPSA) is 50.4 Å². The highest BCUT2D eigenvalue weighted by Crippen LogP contribution is 2.20. The van der Waals surface area contributed by atoms with Gasteiger partial charge in [-0.2, -0.15) is 0 Å². The Kier molecular flexibility index (Phi) is 7.37. The van der Waals surface area contributed by atoms with Crippen molar-refractivity contribution in [3.63, 3.8) is 0 Å². The van der Waals surface area contributed by atoms with Crippen molar-refractivity contribution in [2.24, 2.45) is 5.92 Å². The third-order valence-corrected chi connectivity index (χ3v) is 4.51. The number of rotatable bonds is 7. The van der Waals surface area contributed by atoms with Crippen LogP contribution in [0.3, 0.4) is 0 Å². The Balaban J connectivity index is 1.45. The largest absolute Gasteiger partial charge is 0.376 e. The molecule has 1 heterocycles. The predicted molar refractivity (Wildman–Crippen MR) is 80.7 cm³/mol. The van der Waals surface area contributed by atoms with E-state index in [4.69, 9.17) is 4.74 Å². The lowest BCUT2D eigenvalue weighted by atomic mass is 9.94. The Labute approximate surface area is 123 Å². The number of hydrogen-bond acceptors (Lipinski definition) is 3. The van der Waals surface area contributed by atoms with Crippen molar-refractivity contribution in [2.75, 3.05) is 26.2 Å². The van der Waals surface area contributed by atoms with Crippen LogP contribution in [0, 0.1) is 5.92 Å². The van der Waals surface area contributed by atoms with E-state index in [9.17, 15) is 4.79 Å². The second kappa shape index (κ2) is 9.35. The fourth-order valence-electron chi connectivity index (χ4n) is 3.24. The molecule has 1 aliphatic carbocycles. The minimum absolute atomic E-state index is 0.183. The summed E-state index contributed by atoms with van der Waals surface area (Å²) in [5, 5.41) is 6.37. The van der Waals surface area contributed by atoms with Crippen LogP contribution in [0.4, 0.5) is 0 Å². The summed E-state index contributed by atoms with van der Waals surface area (Å²) in [5.41, 5.74) is 0. The summed E-state index contributed by atoms with van der Waals surface area (Å²) in [6.45, 7) is 3.55. The van der Waals surface area contributed by atoms with E-state index >= 15 is 0 Å². The monoisotopic (exact) mass is 282 g/mol. The van der Waals surface area contributed by atoms with Gasteiger partial charge in [-0.25, -0.2) is 0 Å². The van der Waals surface area contributed by atoms with Crippen LogP contribution in [0.15, 0.2) is 0 Å². The number of carbonyl (C=O) groups is 1. The lowest BCUT2D eigenvalue weighted by Gasteiger charge is -2.23. The van der Waals surface area contributed by atoms with E-state index in [1.165, 1.54) is 44.9 Å². The zero-order valence-corrected chi connectivity index (χ0v) is 12.7. The molecule has 0 radical (unpaired) electrons. The number of piperidine rings is 1. The minimum Gasteiger partial charge on any atom is -0.376 e. The summed E-state index contributed by atoms with van der Waals surface area (Å²) >= 11 is 0. The van der Waals surface area contributed by atoms with Crippen LogP contribution >= 0.6 is 0 Å². The van der Waals surface area contributed by atoms with Crippen molar-refractivity contribution in [3.05, 3.63) is 0 Å². The highest BCUT2D eigenvalue weighted by Gasteiger charge is 2.15. The van der Waals surface area contributed by atoms with Gasteiger partial charge < -0.3 is 15.4 Å². The maximum atomic E-state index is 11.7. The molecule has 1 amide bonds. The van der Waals surface area contributed by atoms with Gasteiger partial charge >= 0.3 is 0 Å². The van der Waals surface area contributed by atoms with Crippen molar-refractivity contribution in [3.8, 4) is 0 Å². The maximum Gasteiger partial charge on any atom is 0.220 e. The molecule has 2 N–H and O–H groups in total. The molecule has 0 aromatic carbocycles. The standard InChI is InChI=1S/C16H30N2O2/c19-16(9-8-14-5-4-10-17-13-14)18-11-12-20-15-6-2-1-3-7-15/h14-15,17H,1-13H2,(H,18,19). The van der Waals surface area contributed by atoms with Gasteiger partial charge in [0.1, 0.15) is 0 Å². The molecule has 116 valence electrons. The van der Waals surface area contributed by atoms with Crippen LogP contribution in [0.1, 0.15) is 57.8 Å². The van der Waals surface area contributed by atoms with Crippen molar-refractivity contribution < 1.29 is 9.53 Å². The predicted octanol–water partition coefficient (Wildman–Crippen LogP) is 2.23. The fourth-order valence-corrected chi connectivity index (χ4v) is 3.24. The SMILES string of the molecule is O=C(CCC1CCCNC1)NCCOC1CCCCC1. The zero-order chi connectivity index (χ0) is 14.0. The number of amides is 1. The first kappa shape index (κ1) is 15.8. The molecule has 2 rings (SSSR count). The Morgan fingerprint density at radius 1 is 1.15 bits per heavy atom. The van der Waals surface area contributed by atoms with E-state index < -0.39 is 0 Å². The van der Waals surface area contributed by atoms with Gasteiger partial charge in [0.15, 0.2) is 0 Å². The van der Waals surface area contributed by atoms with Gasteiger partial charge in [0.2, 0.25) is 5.91 Å². The smallest absolute Gasteiger partial charge is 0.220 e. The van der Waals surface area contributed by atoms with E-state index in [0.717, 1.165) is 19.5 Å². The Bertz CT molecular complexity index is 272. The van der Waals surface area contributed by atoms with Crippen molar-refractivity contribution in [1.29, 1.82) is 0 Å². The highest BCUT2D eigenvalue weighted by molar-refractivity contribution is 5.75. The van der Waals surface area contributed by atoms with E-state index in [2.05, 4.69) is 10.6 Å². The third-order valence-electron chi connectivity index (χ3n) is 4.51. The summed E-state index contributed by atoms with van der Waals surface area (Å²) in [4.78, 5) is 11.7. The van der Waals surface area contributed by atoms with Crippen LogP contribution in [0.2, 0.25) is 0 Å². The quantitative estimate of drug-likeness (QED) is 0.704. The number of hydrogen-bond donors (Lipinski definition) is 2. The summed E-state index contributed by atoms with van der Waals surface area (Å²) in [6, 6.07) is 0. The van der Waals surface area contributed by atoms with Gasteiger partial charge in [-0.05, 0) is 51.1 Å². The van der Waals surface area contributed by atoms with Crippen molar-refractivity contribution in [1.82, 2.24) is 10.6 Å². The molecule has 4 nitrogen and oxygen atoms in total. The molecule has 0 bridgehead atoms. The summed E-state index contributed by atoms with van der Waals surface area (Å²) in [6.07, 6.45) is 11.0. The van der Waals surface area contributed by atoms with E-state index in [1.807, 2.05) is 0 Å². The first-order valence-corrected chi connectivity index (χ1v) is 8.43. The van der Waals surface area contributed by atoms with Gasteiger partial charge in [-0.15, -0.1) is 0 Å². The Morgan fingerprint density at radius 3 is 2.75 bits per heavy atom. The van der Waals surface area contributed by atoms with E-state index in [1.54, 1.807) is 0 Å². The summed E-state index contributed by atoms with van der Waals surface area (Å²) in [7, 11) is 0. The first-order chi connectivity index (χ1) is 9.84. The lowest BCUT2D eigenvalue weighted by molar-refractivity contribution is -0.121. The Morgan fingerprint density at radius 2 is 2.00 bits per heavy atom. The highest BCUT2D eigenvalue weighted by atomic mass is 16.5. The average Bonchev–Trinajstić information content (AvgIpc) is 2.52. The molecule has 4 heteroatoms. The van der Waals surface area contributed by atoms with Gasteiger partial charge in [-0.3, -0.25) is 4.79 Å². The van der Waals surface area contributed by atoms with E-state index in [0.29, 0.717) is 31.6 Å². The molecular weight excluding hydrogens is 252 g/mol. The fraction of sp³-hybridized carbons (Fsp3) is 0.938. The second-order valence-electron chi connectivity index (χ2n) is 6.23. The van der Waals surface area contributed by atoms with Gasteiger partial charge in [0.05, 0.1) is 12.7 Å². The average molecular weight is 282 g/mol. The molecule has 1 saturated heterocycles. The van der Waals surface area contributed by atoms with Gasteiger partial charge in [0.25, 0.3) is 0 Å². The number of nitrogens with one attached hydrogen (secondary N) is 2. The molecule has 2 aliphatic rings. The molecule has 0 aromatic heterocycles. The minimum atomic E-state index is 0.183. The molecule has 1 unspecified atom stereocenters. The van der Waals surface area contributed by atoms with Crippen LogP contribution in [0.25, 0.3) is 0 Å². The van der Waals surface area contributed by atoms with Crippen molar-refractivity contribution >= 4 is 5.91 Å². The first-order valence-electron chi connectivity index (χ1n) is 8.43. The molecule has 0 spiro atoms. The molecule has 0 aromatic rings. The number of ether oxygens (including phenoxy) is 1. The maximum absolute atomic E-state index is 11.7. The van der Waals surface area contributed by atoms with Crippen LogP contribution < -0.4 is 10.6 Å². The van der Waals surface area contributed by atoms with Crippen molar-refractivity contribution in [2.45, 2.75) is 63.9 Å². The molecule has 1 saturated carbocycles. The molecule has 2 fully saturated rings. The third kappa shape index (κ3) is 6.23. The molecule has 1 aliphatic heterocycles. The normalized spacial score (nSPS) is 24.5. The second-order valence-corrected chi connectivity index (χ2v) is 6.23. The summed E-state index contributed by atoms with van der Waals surface area (Å²) < 4.78 is 5.80.